The Hall–Kier alpha value is -2.63. The van der Waals surface area contributed by atoms with E-state index in [0.717, 1.165) is 36.8 Å². The highest BCUT2D eigenvalue weighted by Crippen LogP contribution is 2.60. The number of unbranched alkanes of at least 4 members (excludes halogenated alkanes) is 4. The summed E-state index contributed by atoms with van der Waals surface area (Å²) in [6, 6.07) is 7.02. The number of hydrogen-bond acceptors (Lipinski definition) is 6. The van der Waals surface area contributed by atoms with Crippen molar-refractivity contribution in [3.8, 4) is 0 Å². The van der Waals surface area contributed by atoms with E-state index in [-0.39, 0.29) is 5.92 Å². The van der Waals surface area contributed by atoms with Crippen LogP contribution < -0.4 is 0 Å². The Bertz CT molecular complexity index is 746. The van der Waals surface area contributed by atoms with Crippen LogP contribution in [-0.2, 0) is 23.8 Å². The molecule has 158 valence electrons. The lowest BCUT2D eigenvalue weighted by Crippen LogP contribution is -2.30. The van der Waals surface area contributed by atoms with Gasteiger partial charge in [-0.2, -0.15) is 0 Å². The fourth-order valence-corrected chi connectivity index (χ4v) is 3.74. The number of carbonyl (C=O) groups excluding carboxylic acids is 3. The van der Waals surface area contributed by atoms with Crippen LogP contribution in [0.15, 0.2) is 30.3 Å². The molecule has 6 heteroatoms. The molecule has 1 aromatic rings. The van der Waals surface area contributed by atoms with Gasteiger partial charge in [0.15, 0.2) is 5.41 Å². The number of allylic oxidation sites excluding steroid dienone is 2. The first kappa shape index (κ1) is 22.7. The van der Waals surface area contributed by atoms with Crippen LogP contribution in [0, 0.1) is 11.3 Å². The molecule has 0 amide bonds. The van der Waals surface area contributed by atoms with E-state index < -0.39 is 23.3 Å². The minimum absolute atomic E-state index is 0.308. The summed E-state index contributed by atoms with van der Waals surface area (Å²) < 4.78 is 14.6. The van der Waals surface area contributed by atoms with E-state index in [1.54, 1.807) is 12.1 Å². The van der Waals surface area contributed by atoms with Gasteiger partial charge in [-0.1, -0.05) is 44.4 Å². The second kappa shape index (κ2) is 10.2. The maximum absolute atomic E-state index is 12.4. The summed E-state index contributed by atoms with van der Waals surface area (Å²) in [6.45, 7) is 2.16. The summed E-state index contributed by atoms with van der Waals surface area (Å²) in [4.78, 5) is 36.6. The molecule has 0 aromatic heterocycles. The van der Waals surface area contributed by atoms with Crippen molar-refractivity contribution >= 4 is 23.5 Å². The van der Waals surface area contributed by atoms with Crippen molar-refractivity contribution in [3.05, 3.63) is 41.5 Å². The lowest BCUT2D eigenvalue weighted by atomic mass is 9.92. The van der Waals surface area contributed by atoms with Crippen LogP contribution in [0.1, 0.15) is 61.4 Å². The summed E-state index contributed by atoms with van der Waals surface area (Å²) in [5.41, 5.74) is 0.933. The molecule has 0 saturated heterocycles. The van der Waals surface area contributed by atoms with Crippen LogP contribution in [0.5, 0.6) is 0 Å². The Morgan fingerprint density at radius 2 is 1.52 bits per heavy atom. The van der Waals surface area contributed by atoms with Gasteiger partial charge in [0.25, 0.3) is 0 Å². The van der Waals surface area contributed by atoms with Gasteiger partial charge < -0.3 is 14.2 Å². The van der Waals surface area contributed by atoms with Crippen LogP contribution >= 0.6 is 0 Å². The third-order valence-electron chi connectivity index (χ3n) is 5.50. The van der Waals surface area contributed by atoms with E-state index in [2.05, 4.69) is 13.0 Å². The second-order valence-electron chi connectivity index (χ2n) is 7.29. The minimum atomic E-state index is -1.29. The number of methoxy groups -OCH3 is 3. The third kappa shape index (κ3) is 4.86. The van der Waals surface area contributed by atoms with E-state index in [1.165, 1.54) is 27.8 Å². The Kier molecular flexibility index (Phi) is 8.00. The fraction of sp³-hybridized carbons (Fsp3) is 0.522. The summed E-state index contributed by atoms with van der Waals surface area (Å²) in [5, 5.41) is 0. The first-order chi connectivity index (χ1) is 14.0. The van der Waals surface area contributed by atoms with Gasteiger partial charge >= 0.3 is 17.9 Å². The molecule has 1 aliphatic rings. The number of ether oxygens (including phenoxy) is 3. The van der Waals surface area contributed by atoms with Crippen LogP contribution in [0.4, 0.5) is 0 Å². The zero-order chi connectivity index (χ0) is 21.4. The molecule has 1 aromatic carbocycles. The van der Waals surface area contributed by atoms with Gasteiger partial charge in [-0.05, 0) is 42.5 Å². The molecule has 1 atom stereocenters. The number of carbonyl (C=O) groups is 3. The lowest BCUT2D eigenvalue weighted by molar-refractivity contribution is -0.161. The summed E-state index contributed by atoms with van der Waals surface area (Å²) in [7, 11) is 3.90. The van der Waals surface area contributed by atoms with Gasteiger partial charge in [-0.25, -0.2) is 4.79 Å². The van der Waals surface area contributed by atoms with E-state index in [9.17, 15) is 14.4 Å². The van der Waals surface area contributed by atoms with Crippen molar-refractivity contribution in [1.29, 1.82) is 0 Å². The second-order valence-corrected chi connectivity index (χ2v) is 7.29. The van der Waals surface area contributed by atoms with Crippen molar-refractivity contribution in [2.75, 3.05) is 21.3 Å². The fourth-order valence-electron chi connectivity index (χ4n) is 3.74. The molecule has 0 bridgehead atoms. The monoisotopic (exact) mass is 402 g/mol. The molecule has 0 N–H and O–H groups in total. The van der Waals surface area contributed by atoms with Crippen molar-refractivity contribution in [1.82, 2.24) is 0 Å². The molecule has 1 aliphatic carbocycles. The molecule has 0 aliphatic heterocycles. The molecule has 6 nitrogen and oxygen atoms in total. The molecule has 29 heavy (non-hydrogen) atoms. The average Bonchev–Trinajstić information content (AvgIpc) is 3.51. The van der Waals surface area contributed by atoms with Crippen LogP contribution in [-0.4, -0.2) is 39.2 Å². The van der Waals surface area contributed by atoms with Gasteiger partial charge in [0.05, 0.1) is 26.9 Å². The van der Waals surface area contributed by atoms with Gasteiger partial charge in [0, 0.05) is 5.92 Å². The summed E-state index contributed by atoms with van der Waals surface area (Å²) in [5.74, 6) is -1.86. The number of esters is 3. The Labute approximate surface area is 172 Å². The molecule has 0 heterocycles. The zero-order valence-electron chi connectivity index (χ0n) is 17.7. The first-order valence-corrected chi connectivity index (χ1v) is 10.0. The SMILES string of the molecule is CCCCCC/C=C(\c1ccc(C(=O)OC)cc1)C1CC1(C(=O)OC)C(=O)OC. The highest BCUT2D eigenvalue weighted by Gasteiger charge is 2.69. The van der Waals surface area contributed by atoms with Gasteiger partial charge in [-0.3, -0.25) is 9.59 Å². The molecular formula is C23H30O6. The number of hydrogen-bond donors (Lipinski definition) is 0. The van der Waals surface area contributed by atoms with Crippen LogP contribution in [0.25, 0.3) is 5.57 Å². The predicted octanol–water partition coefficient (Wildman–Crippen LogP) is 4.18. The Morgan fingerprint density at radius 1 is 0.931 bits per heavy atom. The molecule has 0 spiro atoms. The Morgan fingerprint density at radius 3 is 2.03 bits per heavy atom. The van der Waals surface area contributed by atoms with Gasteiger partial charge in [-0.15, -0.1) is 0 Å². The van der Waals surface area contributed by atoms with Gasteiger partial charge in [0.2, 0.25) is 0 Å². The average molecular weight is 402 g/mol. The van der Waals surface area contributed by atoms with Gasteiger partial charge in [0.1, 0.15) is 0 Å². The highest BCUT2D eigenvalue weighted by molar-refractivity contribution is 6.06. The van der Waals surface area contributed by atoms with E-state index in [0.29, 0.717) is 12.0 Å². The van der Waals surface area contributed by atoms with Crippen LogP contribution in [0.3, 0.4) is 0 Å². The van der Waals surface area contributed by atoms with E-state index in [1.807, 2.05) is 12.1 Å². The lowest BCUT2D eigenvalue weighted by Gasteiger charge is -2.15. The van der Waals surface area contributed by atoms with Crippen molar-refractivity contribution in [3.63, 3.8) is 0 Å². The summed E-state index contributed by atoms with van der Waals surface area (Å²) in [6.07, 6.45) is 7.80. The van der Waals surface area contributed by atoms with E-state index in [4.69, 9.17) is 14.2 Å². The number of rotatable bonds is 10. The predicted molar refractivity (Wildman–Crippen MR) is 109 cm³/mol. The molecule has 1 saturated carbocycles. The molecule has 1 fully saturated rings. The number of benzene rings is 1. The quantitative estimate of drug-likeness (QED) is 0.253. The van der Waals surface area contributed by atoms with Crippen LogP contribution in [0.2, 0.25) is 0 Å². The third-order valence-corrected chi connectivity index (χ3v) is 5.50. The smallest absolute Gasteiger partial charge is 0.337 e. The normalized spacial score (nSPS) is 17.4. The topological polar surface area (TPSA) is 78.9 Å². The zero-order valence-corrected chi connectivity index (χ0v) is 17.7. The molecule has 0 radical (unpaired) electrons. The maximum atomic E-state index is 12.4. The molecule has 2 rings (SSSR count). The Balaban J connectivity index is 2.33. The highest BCUT2D eigenvalue weighted by atomic mass is 16.5. The van der Waals surface area contributed by atoms with Crippen molar-refractivity contribution in [2.45, 2.75) is 45.4 Å². The molecule has 1 unspecified atom stereocenters. The standard InChI is InChI=1S/C23H30O6/c1-5-6-7-8-9-10-18(16-11-13-17(14-12-16)20(24)27-2)19-15-23(19,21(25)28-3)22(26)29-4/h10-14,19H,5-9,15H2,1-4H3/b18-10+. The van der Waals surface area contributed by atoms with Crippen molar-refractivity contribution < 1.29 is 28.6 Å². The largest absolute Gasteiger partial charge is 0.468 e. The van der Waals surface area contributed by atoms with E-state index >= 15 is 0 Å². The minimum Gasteiger partial charge on any atom is -0.468 e. The molecular weight excluding hydrogens is 372 g/mol. The maximum Gasteiger partial charge on any atom is 0.337 e. The van der Waals surface area contributed by atoms with Crippen molar-refractivity contribution in [2.24, 2.45) is 11.3 Å². The summed E-state index contributed by atoms with van der Waals surface area (Å²) >= 11 is 0. The first-order valence-electron chi connectivity index (χ1n) is 10.0.